The van der Waals surface area contributed by atoms with Gasteiger partial charge in [0.2, 0.25) is 10.8 Å². The molecule has 7 nitrogen and oxygen atoms in total. The lowest BCUT2D eigenvalue weighted by Crippen LogP contribution is -1.91. The lowest BCUT2D eigenvalue weighted by Gasteiger charge is -1.99. The number of aromatic nitrogens is 6. The zero-order chi connectivity index (χ0) is 16.7. The molecule has 0 aliphatic carbocycles. The Morgan fingerprint density at radius 3 is 2.62 bits per heavy atom. The molecule has 4 rings (SSSR count). The monoisotopic (exact) mass is 340 g/mol. The predicted molar refractivity (Wildman–Crippen MR) is 92.3 cm³/mol. The zero-order valence-corrected chi connectivity index (χ0v) is 14.3. The van der Waals surface area contributed by atoms with E-state index in [4.69, 9.17) is 4.74 Å². The van der Waals surface area contributed by atoms with Crippen LogP contribution < -0.4 is 4.74 Å². The average molecular weight is 340 g/mol. The summed E-state index contributed by atoms with van der Waals surface area (Å²) in [6, 6.07) is 9.79. The Hall–Kier alpha value is -2.74. The zero-order valence-electron chi connectivity index (χ0n) is 13.5. The number of ether oxygens (including phenoxy) is 1. The van der Waals surface area contributed by atoms with E-state index < -0.39 is 0 Å². The number of methoxy groups -OCH3 is 1. The number of hydrogen-bond donors (Lipinski definition) is 1. The van der Waals surface area contributed by atoms with Crippen molar-refractivity contribution in [1.29, 1.82) is 0 Å². The van der Waals surface area contributed by atoms with Gasteiger partial charge in [-0.3, -0.25) is 5.10 Å². The number of H-pyrrole nitrogens is 1. The van der Waals surface area contributed by atoms with Gasteiger partial charge in [0, 0.05) is 11.3 Å². The van der Waals surface area contributed by atoms with E-state index in [0.717, 1.165) is 32.7 Å². The maximum atomic E-state index is 5.19. The van der Waals surface area contributed by atoms with E-state index in [-0.39, 0.29) is 0 Å². The maximum absolute atomic E-state index is 5.19. The van der Waals surface area contributed by atoms with Crippen LogP contribution in [0.5, 0.6) is 5.75 Å². The van der Waals surface area contributed by atoms with E-state index in [2.05, 4.69) is 39.3 Å². The molecule has 0 aliphatic rings. The summed E-state index contributed by atoms with van der Waals surface area (Å²) < 4.78 is 6.93. The summed E-state index contributed by atoms with van der Waals surface area (Å²) in [5.41, 5.74) is 2.83. The number of hydrogen-bond acceptors (Lipinski definition) is 6. The minimum atomic E-state index is 0.375. The Labute approximate surface area is 142 Å². The van der Waals surface area contributed by atoms with Crippen LogP contribution in [0.4, 0.5) is 0 Å². The molecule has 0 spiro atoms. The highest BCUT2D eigenvalue weighted by atomic mass is 32.1. The van der Waals surface area contributed by atoms with Gasteiger partial charge in [-0.05, 0) is 36.2 Å². The van der Waals surface area contributed by atoms with Crippen molar-refractivity contribution < 1.29 is 4.74 Å². The molecule has 4 aromatic rings. The van der Waals surface area contributed by atoms with Gasteiger partial charge in [0.05, 0.1) is 7.11 Å². The summed E-state index contributed by atoms with van der Waals surface area (Å²) in [6.45, 7) is 4.22. The Balaban J connectivity index is 1.74. The highest BCUT2D eigenvalue weighted by molar-refractivity contribution is 7.19. The molecule has 0 saturated carbocycles. The molecule has 0 fully saturated rings. The Morgan fingerprint density at radius 1 is 1.17 bits per heavy atom. The minimum Gasteiger partial charge on any atom is -0.497 e. The van der Waals surface area contributed by atoms with Crippen LogP contribution in [-0.4, -0.2) is 37.1 Å². The number of rotatable bonds is 4. The fraction of sp³-hybridized carbons (Fsp3) is 0.250. The van der Waals surface area contributed by atoms with Gasteiger partial charge in [0.1, 0.15) is 16.5 Å². The molecule has 122 valence electrons. The molecule has 0 saturated heterocycles. The standard InChI is InChI=1S/C16H16N6OS/c1-9(2)12-8-13(18-17-12)14-19-20-16-22(14)21-15(24-16)10-4-6-11(23-3)7-5-10/h4-9H,1-3H3,(H,17,18). The van der Waals surface area contributed by atoms with Gasteiger partial charge in [-0.15, -0.1) is 10.2 Å². The van der Waals surface area contributed by atoms with Crippen LogP contribution in [0.2, 0.25) is 0 Å². The van der Waals surface area contributed by atoms with Crippen LogP contribution in [0.1, 0.15) is 25.5 Å². The van der Waals surface area contributed by atoms with E-state index in [0.29, 0.717) is 11.7 Å². The summed E-state index contributed by atoms with van der Waals surface area (Å²) in [4.78, 5) is 0.741. The maximum Gasteiger partial charge on any atom is 0.235 e. The van der Waals surface area contributed by atoms with Gasteiger partial charge in [-0.25, -0.2) is 0 Å². The summed E-state index contributed by atoms with van der Waals surface area (Å²) >= 11 is 1.49. The minimum absolute atomic E-state index is 0.375. The third-order valence-electron chi connectivity index (χ3n) is 3.78. The first-order valence-corrected chi connectivity index (χ1v) is 8.39. The molecular weight excluding hydrogens is 324 g/mol. The van der Waals surface area contributed by atoms with Crippen molar-refractivity contribution >= 4 is 16.3 Å². The first kappa shape index (κ1) is 14.8. The third-order valence-corrected chi connectivity index (χ3v) is 4.72. The number of fused-ring (bicyclic) bond motifs is 1. The molecule has 1 N–H and O–H groups in total. The normalized spacial score (nSPS) is 11.5. The first-order valence-electron chi connectivity index (χ1n) is 7.58. The number of benzene rings is 1. The number of nitrogens with one attached hydrogen (secondary N) is 1. The quantitative estimate of drug-likeness (QED) is 0.616. The molecule has 3 heterocycles. The van der Waals surface area contributed by atoms with Crippen molar-refractivity contribution in [3.05, 3.63) is 36.0 Å². The second-order valence-electron chi connectivity index (χ2n) is 5.72. The molecule has 24 heavy (non-hydrogen) atoms. The summed E-state index contributed by atoms with van der Waals surface area (Å²) in [7, 11) is 1.65. The van der Waals surface area contributed by atoms with Crippen LogP contribution in [0, 0.1) is 0 Å². The Bertz CT molecular complexity index is 982. The smallest absolute Gasteiger partial charge is 0.235 e. The largest absolute Gasteiger partial charge is 0.497 e. The van der Waals surface area contributed by atoms with Crippen LogP contribution in [0.25, 0.3) is 27.1 Å². The summed E-state index contributed by atoms with van der Waals surface area (Å²) in [5.74, 6) is 1.84. The van der Waals surface area contributed by atoms with E-state index in [9.17, 15) is 0 Å². The van der Waals surface area contributed by atoms with Crippen LogP contribution in [-0.2, 0) is 0 Å². The second-order valence-corrected chi connectivity index (χ2v) is 6.67. The van der Waals surface area contributed by atoms with Crippen molar-refractivity contribution in [3.8, 4) is 27.8 Å². The highest BCUT2D eigenvalue weighted by Gasteiger charge is 2.17. The molecule has 1 aromatic carbocycles. The van der Waals surface area contributed by atoms with Crippen molar-refractivity contribution in [2.75, 3.05) is 7.11 Å². The molecule has 0 aliphatic heterocycles. The van der Waals surface area contributed by atoms with E-state index >= 15 is 0 Å². The molecule has 0 radical (unpaired) electrons. The molecule has 0 amide bonds. The lowest BCUT2D eigenvalue weighted by atomic mass is 10.1. The summed E-state index contributed by atoms with van der Waals surface area (Å²) in [6.07, 6.45) is 0. The SMILES string of the molecule is COc1ccc(-c2nn3c(-c4cc(C(C)C)[nH]n4)nnc3s2)cc1. The fourth-order valence-electron chi connectivity index (χ4n) is 2.37. The van der Waals surface area contributed by atoms with Crippen molar-refractivity contribution in [2.45, 2.75) is 19.8 Å². The number of aromatic amines is 1. The highest BCUT2D eigenvalue weighted by Crippen LogP contribution is 2.29. The van der Waals surface area contributed by atoms with Crippen molar-refractivity contribution in [1.82, 2.24) is 30.0 Å². The fourth-order valence-corrected chi connectivity index (χ4v) is 3.22. The molecule has 0 bridgehead atoms. The topological polar surface area (TPSA) is 81.0 Å². The lowest BCUT2D eigenvalue weighted by molar-refractivity contribution is 0.415. The van der Waals surface area contributed by atoms with Gasteiger partial charge >= 0.3 is 0 Å². The first-order chi connectivity index (χ1) is 11.7. The van der Waals surface area contributed by atoms with Crippen LogP contribution in [0.15, 0.2) is 30.3 Å². The summed E-state index contributed by atoms with van der Waals surface area (Å²) in [5, 5.41) is 21.3. The van der Waals surface area contributed by atoms with Gasteiger partial charge in [0.25, 0.3) is 0 Å². The molecule has 0 atom stereocenters. The third kappa shape index (κ3) is 2.44. The molecule has 8 heteroatoms. The molecule has 3 aromatic heterocycles. The van der Waals surface area contributed by atoms with E-state index in [1.807, 2.05) is 30.3 Å². The van der Waals surface area contributed by atoms with Gasteiger partial charge < -0.3 is 4.74 Å². The van der Waals surface area contributed by atoms with E-state index in [1.54, 1.807) is 11.6 Å². The van der Waals surface area contributed by atoms with Crippen LogP contribution >= 0.6 is 11.3 Å². The number of nitrogens with zero attached hydrogens (tertiary/aromatic N) is 5. The van der Waals surface area contributed by atoms with Crippen LogP contribution in [0.3, 0.4) is 0 Å². The second kappa shape index (κ2) is 5.72. The van der Waals surface area contributed by atoms with Gasteiger partial charge in [0.15, 0.2) is 0 Å². The van der Waals surface area contributed by atoms with Crippen molar-refractivity contribution in [2.24, 2.45) is 0 Å². The molecule has 0 unspecified atom stereocenters. The molecular formula is C16H16N6OS. The van der Waals surface area contributed by atoms with Crippen molar-refractivity contribution in [3.63, 3.8) is 0 Å². The Kier molecular flexibility index (Phi) is 3.53. The Morgan fingerprint density at radius 2 is 1.96 bits per heavy atom. The average Bonchev–Trinajstić information content (AvgIpc) is 3.29. The van der Waals surface area contributed by atoms with Gasteiger partial charge in [-0.2, -0.15) is 14.7 Å². The predicted octanol–water partition coefficient (Wildman–Crippen LogP) is 3.37. The van der Waals surface area contributed by atoms with E-state index in [1.165, 1.54) is 11.3 Å². The van der Waals surface area contributed by atoms with Gasteiger partial charge in [-0.1, -0.05) is 25.2 Å².